The molecule has 2 atom stereocenters. The molecule has 1 saturated heterocycles. The Kier molecular flexibility index (Phi) is 8.62. The lowest BCUT2D eigenvalue weighted by atomic mass is 9.98. The summed E-state index contributed by atoms with van der Waals surface area (Å²) in [4.78, 5) is 22.3. The molecule has 1 fully saturated rings. The number of esters is 1. The molecule has 13 nitrogen and oxygen atoms in total. The minimum Gasteiger partial charge on any atom is -0.494 e. The van der Waals surface area contributed by atoms with E-state index in [-0.39, 0.29) is 43.7 Å². The van der Waals surface area contributed by atoms with Gasteiger partial charge in [-0.05, 0) is 44.5 Å². The Bertz CT molecular complexity index is 1680. The quantitative estimate of drug-likeness (QED) is 0.241. The summed E-state index contributed by atoms with van der Waals surface area (Å²) in [7, 11) is -1.04. The predicted octanol–water partition coefficient (Wildman–Crippen LogP) is 3.16. The van der Waals surface area contributed by atoms with E-state index in [1.54, 1.807) is 53.6 Å². The molecule has 43 heavy (non-hydrogen) atoms. The smallest absolute Gasteiger partial charge is 0.310 e. The molecule has 1 aliphatic rings. The maximum absolute atomic E-state index is 14.1. The van der Waals surface area contributed by atoms with Crippen molar-refractivity contribution >= 4 is 21.8 Å². The highest BCUT2D eigenvalue weighted by atomic mass is 32.2. The van der Waals surface area contributed by atoms with Crippen molar-refractivity contribution in [1.82, 2.24) is 24.7 Å². The van der Waals surface area contributed by atoms with E-state index in [0.29, 0.717) is 28.7 Å². The molecule has 5 rings (SSSR count). The zero-order valence-electron chi connectivity index (χ0n) is 24.1. The van der Waals surface area contributed by atoms with Gasteiger partial charge < -0.3 is 23.5 Å². The lowest BCUT2D eigenvalue weighted by Crippen LogP contribution is -2.49. The van der Waals surface area contributed by atoms with Crippen molar-refractivity contribution in [3.8, 4) is 28.8 Å². The molecule has 1 aromatic carbocycles. The van der Waals surface area contributed by atoms with E-state index >= 15 is 0 Å². The summed E-state index contributed by atoms with van der Waals surface area (Å²) in [6, 6.07) is 8.62. The third kappa shape index (κ3) is 6.16. The van der Waals surface area contributed by atoms with Crippen LogP contribution in [-0.4, -0.2) is 78.3 Å². The van der Waals surface area contributed by atoms with Crippen LogP contribution in [0.4, 0.5) is 10.3 Å². The van der Waals surface area contributed by atoms with E-state index in [0.717, 1.165) is 12.4 Å². The van der Waals surface area contributed by atoms with E-state index in [1.807, 2.05) is 0 Å². The van der Waals surface area contributed by atoms with Gasteiger partial charge in [-0.2, -0.15) is 0 Å². The van der Waals surface area contributed by atoms with E-state index in [4.69, 9.17) is 18.6 Å². The van der Waals surface area contributed by atoms with Crippen molar-refractivity contribution in [2.75, 3.05) is 38.8 Å². The summed E-state index contributed by atoms with van der Waals surface area (Å²) >= 11 is 0. The monoisotopic (exact) mass is 614 g/mol. The van der Waals surface area contributed by atoms with E-state index in [9.17, 15) is 17.6 Å². The summed E-state index contributed by atoms with van der Waals surface area (Å²) in [6.45, 7) is 3.68. The molecule has 4 aromatic rings. The zero-order chi connectivity index (χ0) is 30.7. The van der Waals surface area contributed by atoms with Crippen LogP contribution < -0.4 is 14.4 Å². The first-order chi connectivity index (χ1) is 20.6. The predicted molar refractivity (Wildman–Crippen MR) is 152 cm³/mol. The van der Waals surface area contributed by atoms with Crippen molar-refractivity contribution in [3.05, 3.63) is 60.1 Å². The largest absolute Gasteiger partial charge is 0.494 e. The first-order valence-electron chi connectivity index (χ1n) is 13.5. The number of rotatable bonds is 10. The second kappa shape index (κ2) is 12.4. The van der Waals surface area contributed by atoms with E-state index in [1.165, 1.54) is 14.2 Å². The van der Waals surface area contributed by atoms with Gasteiger partial charge in [0.25, 0.3) is 0 Å². The molecule has 15 heteroatoms. The molecule has 3 aromatic heterocycles. The van der Waals surface area contributed by atoms with E-state index in [2.05, 4.69) is 20.2 Å². The Balaban J connectivity index is 1.57. The molecule has 0 radical (unpaired) electrons. The van der Waals surface area contributed by atoms with Gasteiger partial charge in [-0.15, -0.1) is 10.2 Å². The number of nitrogens with zero attached hydrogens (tertiary/aromatic N) is 6. The molecule has 0 amide bonds. The van der Waals surface area contributed by atoms with Crippen LogP contribution in [0.25, 0.3) is 17.3 Å². The number of benzene rings is 1. The highest BCUT2D eigenvalue weighted by Gasteiger charge is 2.41. The number of hydrogen-bond acceptors (Lipinski definition) is 12. The number of aryl methyl sites for hydroxylation is 1. The number of ether oxygens (including phenoxy) is 3. The summed E-state index contributed by atoms with van der Waals surface area (Å²) in [5.74, 6) is -0.299. The Morgan fingerprint density at radius 1 is 1.07 bits per heavy atom. The second-order valence-corrected chi connectivity index (χ2v) is 12.2. The van der Waals surface area contributed by atoms with Gasteiger partial charge in [0.05, 0.1) is 44.4 Å². The molecule has 228 valence electrons. The molecule has 0 bridgehead atoms. The number of furan rings is 1. The SMILES string of the molecule is CCOC(=O)[C@@H]1C[C@H](S(=O)(=O)Cc2nnc(-c3ccc(C)o3)n2-c2c(OC)cccc2OC)CN(c2ncc(F)cn2)C1. The Hall–Kier alpha value is -4.53. The third-order valence-electron chi connectivity index (χ3n) is 7.08. The van der Waals surface area contributed by atoms with Crippen molar-refractivity contribution in [2.45, 2.75) is 31.3 Å². The number of carbonyl (C=O) groups is 1. The molecule has 0 unspecified atom stereocenters. The summed E-state index contributed by atoms with van der Waals surface area (Å²) < 4.78 is 65.5. The van der Waals surface area contributed by atoms with Crippen LogP contribution in [0.2, 0.25) is 0 Å². The molecule has 0 aliphatic carbocycles. The standard InChI is InChI=1S/C28H31FN6O7S/c1-5-41-27(36)18-11-20(15-34(14-18)28-30-12-19(29)13-31-28)43(37,38)16-24-32-33-26(23-10-9-17(2)42-23)35(24)25-21(39-3)7-6-8-22(25)40-4/h6-10,12-13,18,20H,5,11,14-16H2,1-4H3/t18-,20+/m1/s1. The maximum atomic E-state index is 14.1. The average molecular weight is 615 g/mol. The van der Waals surface area contributed by atoms with Crippen molar-refractivity contribution in [1.29, 1.82) is 0 Å². The molecule has 1 aliphatic heterocycles. The van der Waals surface area contributed by atoms with Crippen LogP contribution in [0.1, 0.15) is 24.9 Å². The van der Waals surface area contributed by atoms with Gasteiger partial charge in [0, 0.05) is 13.1 Å². The average Bonchev–Trinajstić information content (AvgIpc) is 3.62. The molecular weight excluding hydrogens is 583 g/mol. The number of halogens is 1. The number of piperidine rings is 1. The summed E-state index contributed by atoms with van der Waals surface area (Å²) in [5, 5.41) is 7.53. The van der Waals surface area contributed by atoms with Crippen molar-refractivity contribution < 1.29 is 36.2 Å². The first-order valence-corrected chi connectivity index (χ1v) is 15.2. The topological polar surface area (TPSA) is 152 Å². The molecule has 4 heterocycles. The number of anilines is 1. The highest BCUT2D eigenvalue weighted by molar-refractivity contribution is 7.91. The minimum absolute atomic E-state index is 0.00914. The van der Waals surface area contributed by atoms with Gasteiger partial charge in [0.1, 0.15) is 28.7 Å². The van der Waals surface area contributed by atoms with Crippen LogP contribution in [0.15, 0.2) is 47.1 Å². The Morgan fingerprint density at radius 2 is 1.77 bits per heavy atom. The van der Waals surface area contributed by atoms with Crippen molar-refractivity contribution in [3.63, 3.8) is 0 Å². The number of hydrogen-bond donors (Lipinski definition) is 0. The van der Waals surface area contributed by atoms with Gasteiger partial charge in [0.2, 0.25) is 11.8 Å². The van der Waals surface area contributed by atoms with Crippen molar-refractivity contribution in [2.24, 2.45) is 5.92 Å². The first kappa shape index (κ1) is 29.9. The fourth-order valence-corrected chi connectivity index (χ4v) is 6.80. The third-order valence-corrected chi connectivity index (χ3v) is 9.09. The highest BCUT2D eigenvalue weighted by Crippen LogP contribution is 2.37. The molecular formula is C28H31FN6O7S. The number of carbonyl (C=O) groups excluding carboxylic acids is 1. The van der Waals surface area contributed by atoms with Gasteiger partial charge >= 0.3 is 5.97 Å². The maximum Gasteiger partial charge on any atom is 0.310 e. The number of aromatic nitrogens is 5. The van der Waals surface area contributed by atoms with Crippen LogP contribution in [-0.2, 0) is 25.1 Å². The lowest BCUT2D eigenvalue weighted by Gasteiger charge is -2.36. The van der Waals surface area contributed by atoms with Gasteiger partial charge in [-0.1, -0.05) is 6.07 Å². The van der Waals surface area contributed by atoms with Gasteiger partial charge in [0.15, 0.2) is 27.2 Å². The Labute approximate surface area is 247 Å². The van der Waals surface area contributed by atoms with Gasteiger partial charge in [-0.25, -0.2) is 22.8 Å². The minimum atomic E-state index is -4.01. The summed E-state index contributed by atoms with van der Waals surface area (Å²) in [5.41, 5.74) is 0.390. The normalized spacial score (nSPS) is 17.1. The fraction of sp³-hybridized carbons (Fsp3) is 0.393. The van der Waals surface area contributed by atoms with E-state index < -0.39 is 38.5 Å². The summed E-state index contributed by atoms with van der Waals surface area (Å²) in [6.07, 6.45) is 1.98. The molecule has 0 saturated carbocycles. The Morgan fingerprint density at radius 3 is 2.37 bits per heavy atom. The van der Waals surface area contributed by atoms with Crippen LogP contribution in [0, 0.1) is 18.7 Å². The molecule has 0 spiro atoms. The zero-order valence-corrected chi connectivity index (χ0v) is 24.9. The number of sulfone groups is 1. The number of methoxy groups -OCH3 is 2. The fourth-order valence-electron chi connectivity index (χ4n) is 5.09. The van der Waals surface area contributed by atoms with Gasteiger partial charge in [-0.3, -0.25) is 9.36 Å². The second-order valence-electron chi connectivity index (χ2n) is 9.92. The molecule has 0 N–H and O–H groups in total. The number of para-hydroxylation sites is 1. The lowest BCUT2D eigenvalue weighted by molar-refractivity contribution is -0.148. The van der Waals surface area contributed by atoms with Crippen LogP contribution in [0.3, 0.4) is 0 Å². The van der Waals surface area contributed by atoms with Crippen LogP contribution >= 0.6 is 0 Å². The van der Waals surface area contributed by atoms with Crippen LogP contribution in [0.5, 0.6) is 11.5 Å².